The number of carbonyl (C=O) groups is 3. The molecule has 3 rings (SSSR count). The number of ketones is 1. The second kappa shape index (κ2) is 6.60. The number of aromatic nitrogens is 1. The predicted octanol–water partition coefficient (Wildman–Crippen LogP) is 2.61. The van der Waals surface area contributed by atoms with Gasteiger partial charge in [-0.2, -0.15) is 0 Å². The average molecular weight is 336 g/mol. The Labute approximate surface area is 143 Å². The summed E-state index contributed by atoms with van der Waals surface area (Å²) in [7, 11) is 0. The van der Waals surface area contributed by atoms with E-state index in [-0.39, 0.29) is 18.0 Å². The van der Waals surface area contributed by atoms with Gasteiger partial charge in [0.1, 0.15) is 0 Å². The quantitative estimate of drug-likeness (QED) is 0.552. The lowest BCUT2D eigenvalue weighted by molar-refractivity contribution is 0.0475. The number of ether oxygens (including phenoxy) is 1. The smallest absolute Gasteiger partial charge is 0.338 e. The van der Waals surface area contributed by atoms with E-state index < -0.39 is 11.9 Å². The number of primary amides is 1. The summed E-state index contributed by atoms with van der Waals surface area (Å²) in [5.41, 5.74) is 7.80. The highest BCUT2D eigenvalue weighted by Crippen LogP contribution is 2.22. The highest BCUT2D eigenvalue weighted by molar-refractivity contribution is 6.10. The number of amides is 1. The van der Waals surface area contributed by atoms with Gasteiger partial charge in [-0.1, -0.05) is 18.2 Å². The fraction of sp³-hybridized carbons (Fsp3) is 0.105. The summed E-state index contributed by atoms with van der Waals surface area (Å²) in [5.74, 6) is -1.50. The molecule has 6 heteroatoms. The van der Waals surface area contributed by atoms with Crippen molar-refractivity contribution in [2.24, 2.45) is 5.73 Å². The van der Waals surface area contributed by atoms with Gasteiger partial charge in [0.2, 0.25) is 11.7 Å². The van der Waals surface area contributed by atoms with Gasteiger partial charge in [0.15, 0.2) is 6.61 Å². The molecule has 0 saturated carbocycles. The molecule has 1 amide bonds. The lowest BCUT2D eigenvalue weighted by atomic mass is 10.1. The topological polar surface area (TPSA) is 102 Å². The summed E-state index contributed by atoms with van der Waals surface area (Å²) in [5, 5.41) is 0.798. The number of rotatable bonds is 5. The molecule has 0 aliphatic carbocycles. The van der Waals surface area contributed by atoms with Gasteiger partial charge in [0.25, 0.3) is 0 Å². The van der Waals surface area contributed by atoms with E-state index in [9.17, 15) is 14.4 Å². The molecule has 0 atom stereocenters. The Kier molecular flexibility index (Phi) is 4.35. The monoisotopic (exact) mass is 336 g/mol. The van der Waals surface area contributed by atoms with E-state index in [1.54, 1.807) is 6.92 Å². The van der Waals surface area contributed by atoms with E-state index in [2.05, 4.69) is 4.98 Å². The van der Waals surface area contributed by atoms with Crippen LogP contribution in [0.25, 0.3) is 10.9 Å². The zero-order valence-corrected chi connectivity index (χ0v) is 13.5. The van der Waals surface area contributed by atoms with E-state index in [0.29, 0.717) is 11.1 Å². The zero-order chi connectivity index (χ0) is 18.0. The number of Topliss-reactive ketones (excluding diaryl/α,β-unsaturated/α-hetero) is 1. The number of benzene rings is 2. The number of aromatic amines is 1. The van der Waals surface area contributed by atoms with Crippen LogP contribution in [0.2, 0.25) is 0 Å². The normalized spacial score (nSPS) is 10.6. The molecule has 0 aliphatic heterocycles. The van der Waals surface area contributed by atoms with Crippen LogP contribution in [0.4, 0.5) is 0 Å². The number of hydrogen-bond donors (Lipinski definition) is 2. The summed E-state index contributed by atoms with van der Waals surface area (Å²) >= 11 is 0. The van der Waals surface area contributed by atoms with Crippen LogP contribution in [0, 0.1) is 6.92 Å². The Balaban J connectivity index is 1.72. The minimum absolute atomic E-state index is 0.244. The highest BCUT2D eigenvalue weighted by atomic mass is 16.5. The molecule has 6 nitrogen and oxygen atoms in total. The lowest BCUT2D eigenvalue weighted by Crippen LogP contribution is -2.15. The fourth-order valence-electron chi connectivity index (χ4n) is 2.69. The Hall–Kier alpha value is -3.41. The van der Waals surface area contributed by atoms with Gasteiger partial charge in [-0.05, 0) is 37.3 Å². The molecule has 126 valence electrons. The van der Waals surface area contributed by atoms with E-state index >= 15 is 0 Å². The van der Waals surface area contributed by atoms with Crippen molar-refractivity contribution in [3.05, 3.63) is 70.9 Å². The van der Waals surface area contributed by atoms with Crippen molar-refractivity contribution in [3.63, 3.8) is 0 Å². The van der Waals surface area contributed by atoms with Gasteiger partial charge < -0.3 is 15.5 Å². The molecule has 0 radical (unpaired) electrons. The molecule has 0 bridgehead atoms. The Bertz CT molecular complexity index is 971. The van der Waals surface area contributed by atoms with Gasteiger partial charge in [0.05, 0.1) is 5.56 Å². The second-order valence-corrected chi connectivity index (χ2v) is 5.61. The SMILES string of the molecule is Cc1[nH]c2ccccc2c1C(=O)COC(=O)c1ccc(C(N)=O)cc1. The molecule has 25 heavy (non-hydrogen) atoms. The van der Waals surface area contributed by atoms with E-state index in [0.717, 1.165) is 16.6 Å². The van der Waals surface area contributed by atoms with Gasteiger partial charge in [-0.25, -0.2) is 4.79 Å². The molecule has 2 aromatic carbocycles. The van der Waals surface area contributed by atoms with Crippen molar-refractivity contribution in [2.45, 2.75) is 6.92 Å². The molecule has 3 N–H and O–H groups in total. The third-order valence-corrected chi connectivity index (χ3v) is 3.91. The number of hydrogen-bond acceptors (Lipinski definition) is 4. The Morgan fingerprint density at radius 3 is 2.32 bits per heavy atom. The fourth-order valence-corrected chi connectivity index (χ4v) is 2.69. The minimum atomic E-state index is -0.637. The molecule has 1 heterocycles. The van der Waals surface area contributed by atoms with Crippen molar-refractivity contribution in [3.8, 4) is 0 Å². The van der Waals surface area contributed by atoms with Gasteiger partial charge in [0, 0.05) is 27.7 Å². The third kappa shape index (κ3) is 3.28. The molecule has 0 saturated heterocycles. The molecule has 0 spiro atoms. The first-order valence-electron chi connectivity index (χ1n) is 7.65. The molecular weight excluding hydrogens is 320 g/mol. The molecule has 0 fully saturated rings. The maximum atomic E-state index is 12.5. The van der Waals surface area contributed by atoms with Crippen molar-refractivity contribution in [2.75, 3.05) is 6.61 Å². The second-order valence-electron chi connectivity index (χ2n) is 5.61. The van der Waals surface area contributed by atoms with E-state index in [4.69, 9.17) is 10.5 Å². The number of aryl methyl sites for hydroxylation is 1. The number of fused-ring (bicyclic) bond motifs is 1. The highest BCUT2D eigenvalue weighted by Gasteiger charge is 2.18. The first kappa shape index (κ1) is 16.4. The average Bonchev–Trinajstić information content (AvgIpc) is 2.95. The van der Waals surface area contributed by atoms with Gasteiger partial charge in [-0.3, -0.25) is 9.59 Å². The lowest BCUT2D eigenvalue weighted by Gasteiger charge is -2.05. The predicted molar refractivity (Wildman–Crippen MR) is 92.6 cm³/mol. The van der Waals surface area contributed by atoms with Crippen molar-refractivity contribution < 1.29 is 19.1 Å². The molecule has 0 unspecified atom stereocenters. The number of nitrogens with one attached hydrogen (secondary N) is 1. The van der Waals surface area contributed by atoms with Crippen molar-refractivity contribution >= 4 is 28.6 Å². The third-order valence-electron chi connectivity index (χ3n) is 3.91. The maximum Gasteiger partial charge on any atom is 0.338 e. The summed E-state index contributed by atoms with van der Waals surface area (Å²) in [6.07, 6.45) is 0. The van der Waals surface area contributed by atoms with Crippen LogP contribution < -0.4 is 5.73 Å². The van der Waals surface area contributed by atoms with E-state index in [1.165, 1.54) is 24.3 Å². The zero-order valence-electron chi connectivity index (χ0n) is 13.5. The van der Waals surface area contributed by atoms with Crippen LogP contribution in [-0.2, 0) is 4.74 Å². The van der Waals surface area contributed by atoms with Crippen molar-refractivity contribution in [1.29, 1.82) is 0 Å². The first-order valence-corrected chi connectivity index (χ1v) is 7.65. The van der Waals surface area contributed by atoms with Crippen LogP contribution in [0.3, 0.4) is 0 Å². The number of carbonyl (C=O) groups excluding carboxylic acids is 3. The number of H-pyrrole nitrogens is 1. The molecule has 3 aromatic rings. The van der Waals surface area contributed by atoms with Crippen LogP contribution >= 0.6 is 0 Å². The number of nitrogens with two attached hydrogens (primary N) is 1. The summed E-state index contributed by atoms with van der Waals surface area (Å²) in [6, 6.07) is 13.2. The van der Waals surface area contributed by atoms with Gasteiger partial charge >= 0.3 is 5.97 Å². The standard InChI is InChI=1S/C19H16N2O4/c1-11-17(14-4-2-3-5-15(14)21-11)16(22)10-25-19(24)13-8-6-12(7-9-13)18(20)23/h2-9,21H,10H2,1H3,(H2,20,23). The molecule has 1 aromatic heterocycles. The van der Waals surface area contributed by atoms with Crippen LogP contribution in [-0.4, -0.2) is 29.3 Å². The van der Waals surface area contributed by atoms with Gasteiger partial charge in [-0.15, -0.1) is 0 Å². The molecular formula is C19H16N2O4. The summed E-state index contributed by atoms with van der Waals surface area (Å²) in [4.78, 5) is 38.7. The van der Waals surface area contributed by atoms with Crippen LogP contribution in [0.15, 0.2) is 48.5 Å². The Morgan fingerprint density at radius 2 is 1.64 bits per heavy atom. The first-order chi connectivity index (χ1) is 12.0. The Morgan fingerprint density at radius 1 is 1.00 bits per heavy atom. The summed E-state index contributed by atoms with van der Waals surface area (Å²) < 4.78 is 5.10. The van der Waals surface area contributed by atoms with Crippen molar-refractivity contribution in [1.82, 2.24) is 4.98 Å². The number of esters is 1. The minimum Gasteiger partial charge on any atom is -0.454 e. The summed E-state index contributed by atoms with van der Waals surface area (Å²) in [6.45, 7) is 1.44. The molecule has 0 aliphatic rings. The van der Waals surface area contributed by atoms with Crippen LogP contribution in [0.1, 0.15) is 36.8 Å². The maximum absolute atomic E-state index is 12.5. The van der Waals surface area contributed by atoms with E-state index in [1.807, 2.05) is 24.3 Å². The largest absolute Gasteiger partial charge is 0.454 e. The van der Waals surface area contributed by atoms with Crippen LogP contribution in [0.5, 0.6) is 0 Å². The number of para-hydroxylation sites is 1.